The lowest BCUT2D eigenvalue weighted by molar-refractivity contribution is 0.960. The molecule has 14 heavy (non-hydrogen) atoms. The van der Waals surface area contributed by atoms with Gasteiger partial charge in [-0.3, -0.25) is 0 Å². The second-order valence-corrected chi connectivity index (χ2v) is 3.30. The van der Waals surface area contributed by atoms with E-state index in [1.807, 2.05) is 13.8 Å². The maximum absolute atomic E-state index is 2.26. The molecule has 1 heteroatoms. The molecule has 0 unspecified atom stereocenters. The minimum Gasteiger partial charge on any atom is -0.375 e. The van der Waals surface area contributed by atoms with E-state index < -0.39 is 0 Å². The second kappa shape index (κ2) is 6.47. The molecule has 1 nitrogen and oxygen atoms in total. The number of anilines is 1. The Kier molecular flexibility index (Phi) is 6.02. The number of hydrogen-bond donors (Lipinski definition) is 0. The highest BCUT2D eigenvalue weighted by atomic mass is 15.1. The number of hydrogen-bond acceptors (Lipinski definition) is 1. The summed E-state index contributed by atoms with van der Waals surface area (Å²) >= 11 is 0. The average molecular weight is 193 g/mol. The molecule has 0 aliphatic heterocycles. The van der Waals surface area contributed by atoms with Gasteiger partial charge in [-0.1, -0.05) is 31.5 Å². The van der Waals surface area contributed by atoms with Gasteiger partial charge in [-0.25, -0.2) is 0 Å². The van der Waals surface area contributed by atoms with Crippen molar-refractivity contribution in [1.82, 2.24) is 0 Å². The van der Waals surface area contributed by atoms with Crippen molar-refractivity contribution in [2.24, 2.45) is 0 Å². The number of nitrogens with zero attached hydrogens (tertiary/aromatic N) is 1. The third-order valence-electron chi connectivity index (χ3n) is 2.24. The number of benzene rings is 1. The van der Waals surface area contributed by atoms with E-state index >= 15 is 0 Å². The molecule has 1 aromatic rings. The standard InChI is InChI=1S/C11H17N.C2H6/c1-5-12(4)11-7-6-9(2)8-10(11)3;1-2/h6-8H,5H2,1-4H3;1-2H3. The van der Waals surface area contributed by atoms with Gasteiger partial charge in [-0.2, -0.15) is 0 Å². The van der Waals surface area contributed by atoms with Gasteiger partial charge in [0.25, 0.3) is 0 Å². The van der Waals surface area contributed by atoms with Crippen LogP contribution in [0.2, 0.25) is 0 Å². The summed E-state index contributed by atoms with van der Waals surface area (Å²) in [6, 6.07) is 6.57. The maximum Gasteiger partial charge on any atom is 0.0393 e. The van der Waals surface area contributed by atoms with Crippen LogP contribution in [0.3, 0.4) is 0 Å². The molecule has 0 atom stereocenters. The van der Waals surface area contributed by atoms with Crippen molar-refractivity contribution in [3.8, 4) is 0 Å². The predicted octanol–water partition coefficient (Wildman–Crippen LogP) is 3.79. The summed E-state index contributed by atoms with van der Waals surface area (Å²) in [5.41, 5.74) is 4.03. The third kappa shape index (κ3) is 3.41. The molecule has 0 radical (unpaired) electrons. The van der Waals surface area contributed by atoms with E-state index in [-0.39, 0.29) is 0 Å². The number of rotatable bonds is 2. The molecule has 0 bridgehead atoms. The van der Waals surface area contributed by atoms with Crippen LogP contribution in [0.1, 0.15) is 31.9 Å². The normalized spacial score (nSPS) is 9.00. The molecule has 0 saturated carbocycles. The first-order valence-electron chi connectivity index (χ1n) is 5.43. The quantitative estimate of drug-likeness (QED) is 0.691. The lowest BCUT2D eigenvalue weighted by atomic mass is 10.1. The van der Waals surface area contributed by atoms with E-state index in [4.69, 9.17) is 0 Å². The van der Waals surface area contributed by atoms with Gasteiger partial charge < -0.3 is 4.90 Å². The van der Waals surface area contributed by atoms with Crippen LogP contribution in [-0.2, 0) is 0 Å². The van der Waals surface area contributed by atoms with Gasteiger partial charge in [0.05, 0.1) is 0 Å². The topological polar surface area (TPSA) is 3.24 Å². The summed E-state index contributed by atoms with van der Waals surface area (Å²) < 4.78 is 0. The highest BCUT2D eigenvalue weighted by molar-refractivity contribution is 5.53. The van der Waals surface area contributed by atoms with E-state index in [9.17, 15) is 0 Å². The van der Waals surface area contributed by atoms with Gasteiger partial charge in [0, 0.05) is 19.3 Å². The monoisotopic (exact) mass is 193 g/mol. The van der Waals surface area contributed by atoms with Crippen molar-refractivity contribution >= 4 is 5.69 Å². The van der Waals surface area contributed by atoms with Crippen molar-refractivity contribution in [2.75, 3.05) is 18.5 Å². The summed E-state index contributed by atoms with van der Waals surface area (Å²) in [6.45, 7) is 11.5. The molecule has 0 aromatic heterocycles. The van der Waals surface area contributed by atoms with Crippen LogP contribution in [0.25, 0.3) is 0 Å². The highest BCUT2D eigenvalue weighted by Crippen LogP contribution is 2.19. The number of aryl methyl sites for hydroxylation is 2. The van der Waals surface area contributed by atoms with Crippen LogP contribution in [0.5, 0.6) is 0 Å². The smallest absolute Gasteiger partial charge is 0.0393 e. The third-order valence-corrected chi connectivity index (χ3v) is 2.24. The first-order valence-corrected chi connectivity index (χ1v) is 5.43. The molecule has 0 amide bonds. The first-order chi connectivity index (χ1) is 6.65. The van der Waals surface area contributed by atoms with Gasteiger partial charge in [0.15, 0.2) is 0 Å². The summed E-state index contributed by atoms with van der Waals surface area (Å²) in [5.74, 6) is 0. The molecule has 0 saturated heterocycles. The van der Waals surface area contributed by atoms with E-state index in [0.717, 1.165) is 6.54 Å². The van der Waals surface area contributed by atoms with Crippen LogP contribution in [0.15, 0.2) is 18.2 Å². The molecule has 1 rings (SSSR count). The lowest BCUT2D eigenvalue weighted by Gasteiger charge is -2.19. The van der Waals surface area contributed by atoms with Crippen molar-refractivity contribution in [3.63, 3.8) is 0 Å². The fourth-order valence-electron chi connectivity index (χ4n) is 1.40. The van der Waals surface area contributed by atoms with E-state index in [1.165, 1.54) is 16.8 Å². The van der Waals surface area contributed by atoms with Gasteiger partial charge in [-0.15, -0.1) is 0 Å². The fraction of sp³-hybridized carbons (Fsp3) is 0.538. The summed E-state index contributed by atoms with van der Waals surface area (Å²) in [4.78, 5) is 2.26. The zero-order chi connectivity index (χ0) is 11.1. The first kappa shape index (κ1) is 13.0. The van der Waals surface area contributed by atoms with Crippen molar-refractivity contribution in [1.29, 1.82) is 0 Å². The van der Waals surface area contributed by atoms with Gasteiger partial charge in [0.1, 0.15) is 0 Å². The molecule has 0 heterocycles. The molecule has 0 spiro atoms. The molecular formula is C13H23N. The maximum atomic E-state index is 2.26. The van der Waals surface area contributed by atoms with Crippen LogP contribution in [-0.4, -0.2) is 13.6 Å². The fourth-order valence-corrected chi connectivity index (χ4v) is 1.40. The Bertz CT molecular complexity index is 266. The van der Waals surface area contributed by atoms with Gasteiger partial charge in [0.2, 0.25) is 0 Å². The molecule has 0 fully saturated rings. The van der Waals surface area contributed by atoms with Crippen LogP contribution < -0.4 is 4.90 Å². The van der Waals surface area contributed by atoms with Crippen LogP contribution in [0.4, 0.5) is 5.69 Å². The van der Waals surface area contributed by atoms with Crippen LogP contribution >= 0.6 is 0 Å². The van der Waals surface area contributed by atoms with Crippen molar-refractivity contribution in [3.05, 3.63) is 29.3 Å². The molecular weight excluding hydrogens is 170 g/mol. The minimum atomic E-state index is 1.06. The Balaban J connectivity index is 0.000000791. The summed E-state index contributed by atoms with van der Waals surface area (Å²) in [7, 11) is 2.12. The Labute approximate surface area is 88.8 Å². The average Bonchev–Trinajstić information content (AvgIpc) is 2.20. The molecule has 1 aromatic carbocycles. The Morgan fingerprint density at radius 1 is 1.14 bits per heavy atom. The second-order valence-electron chi connectivity index (χ2n) is 3.30. The van der Waals surface area contributed by atoms with Crippen LogP contribution in [0, 0.1) is 13.8 Å². The molecule has 0 aliphatic carbocycles. The Morgan fingerprint density at radius 3 is 2.14 bits per heavy atom. The molecule has 80 valence electrons. The van der Waals surface area contributed by atoms with E-state index in [1.54, 1.807) is 0 Å². The Hall–Kier alpha value is -0.980. The molecule has 0 aliphatic rings. The zero-order valence-electron chi connectivity index (χ0n) is 10.4. The van der Waals surface area contributed by atoms with E-state index in [0.29, 0.717) is 0 Å². The van der Waals surface area contributed by atoms with Crippen molar-refractivity contribution < 1.29 is 0 Å². The lowest BCUT2D eigenvalue weighted by Crippen LogP contribution is -2.16. The summed E-state index contributed by atoms with van der Waals surface area (Å²) in [6.07, 6.45) is 0. The SMILES string of the molecule is CC.CCN(C)c1ccc(C)cc1C. The highest BCUT2D eigenvalue weighted by Gasteiger charge is 2.00. The largest absolute Gasteiger partial charge is 0.375 e. The van der Waals surface area contributed by atoms with E-state index in [2.05, 4.69) is 50.9 Å². The minimum absolute atomic E-state index is 1.06. The van der Waals surface area contributed by atoms with Gasteiger partial charge in [-0.05, 0) is 32.4 Å². The Morgan fingerprint density at radius 2 is 1.71 bits per heavy atom. The summed E-state index contributed by atoms with van der Waals surface area (Å²) in [5, 5.41) is 0. The van der Waals surface area contributed by atoms with Crippen molar-refractivity contribution in [2.45, 2.75) is 34.6 Å². The molecule has 0 N–H and O–H groups in total. The predicted molar refractivity (Wildman–Crippen MR) is 66.2 cm³/mol. The zero-order valence-corrected chi connectivity index (χ0v) is 10.4. The van der Waals surface area contributed by atoms with Gasteiger partial charge >= 0.3 is 0 Å².